The van der Waals surface area contributed by atoms with E-state index in [0.29, 0.717) is 60.9 Å². The van der Waals surface area contributed by atoms with Crippen LogP contribution >= 0.6 is 0 Å². The number of ether oxygens (including phenoxy) is 1. The molecule has 13 nitrogen and oxygen atoms in total. The van der Waals surface area contributed by atoms with Crippen molar-refractivity contribution in [2.45, 2.75) is 138 Å². The molecule has 1 saturated heterocycles. The van der Waals surface area contributed by atoms with Gasteiger partial charge in [0.1, 0.15) is 29.0 Å². The summed E-state index contributed by atoms with van der Waals surface area (Å²) in [5, 5.41) is 13.9. The number of carbonyl (C=O) groups excluding carboxylic acids is 3. The summed E-state index contributed by atoms with van der Waals surface area (Å²) in [6, 6.07) is -0.149. The number of pyridine rings is 1. The van der Waals surface area contributed by atoms with Gasteiger partial charge in [0.15, 0.2) is 11.6 Å². The number of carboxylic acid groups (broad SMARTS) is 1. The van der Waals surface area contributed by atoms with Gasteiger partial charge in [-0.1, -0.05) is 37.8 Å². The Labute approximate surface area is 331 Å². The lowest BCUT2D eigenvalue weighted by Gasteiger charge is -2.37. The Morgan fingerprint density at radius 1 is 1.05 bits per heavy atom. The third-order valence-electron chi connectivity index (χ3n) is 13.5. The summed E-state index contributed by atoms with van der Waals surface area (Å²) >= 11 is 0. The zero-order chi connectivity index (χ0) is 40.5. The third-order valence-corrected chi connectivity index (χ3v) is 15.7. The number of sulfonamides is 1. The number of allylic oxidation sites excluding steroid dienone is 1. The van der Waals surface area contributed by atoms with E-state index in [9.17, 15) is 36.7 Å². The fourth-order valence-electron chi connectivity index (χ4n) is 9.63. The number of nitrogens with zero attached hydrogens (tertiary/aromatic N) is 3. The van der Waals surface area contributed by atoms with Crippen molar-refractivity contribution in [3.8, 4) is 5.75 Å². The van der Waals surface area contributed by atoms with Crippen LogP contribution in [0.15, 0.2) is 24.3 Å². The van der Waals surface area contributed by atoms with E-state index in [1.165, 1.54) is 9.80 Å². The predicted octanol–water partition coefficient (Wildman–Crippen LogP) is 5.42. The predicted molar refractivity (Wildman–Crippen MR) is 205 cm³/mol. The number of aromatic nitrogens is 1. The molecule has 6 aliphatic rings. The molecule has 16 heteroatoms. The lowest BCUT2D eigenvalue weighted by atomic mass is 9.87. The van der Waals surface area contributed by atoms with Crippen LogP contribution in [-0.4, -0.2) is 93.2 Å². The number of hydrogen-bond acceptors (Lipinski definition) is 8. The van der Waals surface area contributed by atoms with E-state index in [-0.39, 0.29) is 50.2 Å². The molecule has 0 radical (unpaired) electrons. The van der Waals surface area contributed by atoms with Crippen LogP contribution in [0.25, 0.3) is 10.9 Å². The highest BCUT2D eigenvalue weighted by Gasteiger charge is 2.64. The van der Waals surface area contributed by atoms with E-state index in [1.54, 1.807) is 13.8 Å². The van der Waals surface area contributed by atoms with Gasteiger partial charge in [-0.15, -0.1) is 0 Å². The van der Waals surface area contributed by atoms with E-state index in [2.05, 4.69) is 15.0 Å². The average molecular weight is 812 g/mol. The summed E-state index contributed by atoms with van der Waals surface area (Å²) < 4.78 is 63.1. The topological polar surface area (TPSA) is 175 Å². The molecule has 0 bridgehead atoms. The number of rotatable bonds is 6. The first kappa shape index (κ1) is 39.5. The van der Waals surface area contributed by atoms with Crippen molar-refractivity contribution in [1.29, 1.82) is 0 Å². The van der Waals surface area contributed by atoms with Gasteiger partial charge in [-0.25, -0.2) is 27.0 Å². The second kappa shape index (κ2) is 14.5. The van der Waals surface area contributed by atoms with Gasteiger partial charge in [0.25, 0.3) is 5.91 Å². The van der Waals surface area contributed by atoms with Gasteiger partial charge < -0.3 is 20.1 Å². The molecule has 1 aromatic carbocycles. The summed E-state index contributed by atoms with van der Waals surface area (Å²) in [6.45, 7) is 3.37. The zero-order valence-electron chi connectivity index (χ0n) is 32.5. The molecule has 1 aromatic heterocycles. The minimum Gasteiger partial charge on any atom is -0.483 e. The van der Waals surface area contributed by atoms with E-state index in [4.69, 9.17) is 4.74 Å². The first-order chi connectivity index (χ1) is 27.1. The van der Waals surface area contributed by atoms with Crippen molar-refractivity contribution in [2.75, 3.05) is 13.1 Å². The molecule has 8 rings (SSSR count). The number of aryl methyl sites for hydroxylation is 2. The number of halogens is 2. The van der Waals surface area contributed by atoms with E-state index < -0.39 is 79.4 Å². The van der Waals surface area contributed by atoms with Gasteiger partial charge in [-0.2, -0.15) is 0 Å². The summed E-state index contributed by atoms with van der Waals surface area (Å²) in [6.07, 6.45) is 10.8. The van der Waals surface area contributed by atoms with Crippen molar-refractivity contribution in [2.24, 2.45) is 11.8 Å². The summed E-state index contributed by atoms with van der Waals surface area (Å²) in [7, 11) is -4.04. The van der Waals surface area contributed by atoms with Crippen LogP contribution < -0.4 is 14.8 Å². The minimum atomic E-state index is -4.04. The van der Waals surface area contributed by atoms with Crippen molar-refractivity contribution < 1.29 is 46.2 Å². The van der Waals surface area contributed by atoms with Gasteiger partial charge in [0, 0.05) is 35.9 Å². The summed E-state index contributed by atoms with van der Waals surface area (Å²) in [5.41, 5.74) is -1.41. The van der Waals surface area contributed by atoms with Crippen LogP contribution in [0.4, 0.5) is 13.6 Å². The normalized spacial score (nSPS) is 30.6. The maximum Gasteiger partial charge on any atom is 0.407 e. The second-order valence-electron chi connectivity index (χ2n) is 17.6. The molecule has 3 aliphatic carbocycles. The highest BCUT2D eigenvalue weighted by atomic mass is 32.2. The molecule has 308 valence electrons. The number of carbonyl (C=O) groups is 4. The van der Waals surface area contributed by atoms with Crippen LogP contribution in [0.2, 0.25) is 0 Å². The lowest BCUT2D eigenvalue weighted by Crippen LogP contribution is -2.59. The van der Waals surface area contributed by atoms with Gasteiger partial charge in [-0.05, 0) is 90.0 Å². The van der Waals surface area contributed by atoms with Crippen molar-refractivity contribution in [1.82, 2.24) is 24.8 Å². The Kier molecular flexibility index (Phi) is 10.0. The Balaban J connectivity index is 1.16. The third kappa shape index (κ3) is 7.24. The number of amides is 4. The Morgan fingerprint density at radius 2 is 1.77 bits per heavy atom. The molecule has 4 heterocycles. The maximum atomic E-state index is 15.0. The molecule has 3 N–H and O–H groups in total. The number of fused-ring (bicyclic) bond motifs is 5. The lowest BCUT2D eigenvalue weighted by molar-refractivity contribution is -0.143. The number of nitrogens with one attached hydrogen (secondary N) is 2. The van der Waals surface area contributed by atoms with Crippen LogP contribution in [0.3, 0.4) is 0 Å². The molecule has 0 unspecified atom stereocenters. The fourth-order valence-corrected chi connectivity index (χ4v) is 10.9. The fraction of sp³-hybridized carbons (Fsp3) is 0.634. The smallest absolute Gasteiger partial charge is 0.407 e. The van der Waals surface area contributed by atoms with Gasteiger partial charge in [0.2, 0.25) is 21.8 Å². The molecule has 3 saturated carbocycles. The van der Waals surface area contributed by atoms with Crippen molar-refractivity contribution in [3.63, 3.8) is 0 Å². The first-order valence-electron chi connectivity index (χ1n) is 20.4. The molecule has 1 spiro atoms. The molecular weight excluding hydrogens is 761 g/mol. The largest absolute Gasteiger partial charge is 0.483 e. The first-order valence-corrected chi connectivity index (χ1v) is 21.9. The Bertz CT molecular complexity index is 2160. The van der Waals surface area contributed by atoms with E-state index >= 15 is 4.79 Å². The average Bonchev–Trinajstić information content (AvgIpc) is 3.95. The molecule has 3 aliphatic heterocycles. The molecular formula is C41H51F2N5O8S. The second-order valence-corrected chi connectivity index (χ2v) is 19.8. The van der Waals surface area contributed by atoms with Gasteiger partial charge in [0.05, 0.1) is 22.5 Å². The van der Waals surface area contributed by atoms with Crippen LogP contribution in [0, 0.1) is 30.4 Å². The van der Waals surface area contributed by atoms with E-state index in [1.807, 2.05) is 12.2 Å². The highest BCUT2D eigenvalue weighted by Crippen LogP contribution is 2.49. The van der Waals surface area contributed by atoms with Crippen molar-refractivity contribution >= 4 is 44.7 Å². The van der Waals surface area contributed by atoms with Gasteiger partial charge in [-0.3, -0.25) is 24.0 Å². The quantitative estimate of drug-likeness (QED) is 0.322. The summed E-state index contributed by atoms with van der Waals surface area (Å²) in [5.74, 6) is -4.11. The number of benzene rings is 1. The highest BCUT2D eigenvalue weighted by molar-refractivity contribution is 7.91. The molecule has 5 atom stereocenters. The van der Waals surface area contributed by atoms with Crippen LogP contribution in [0.5, 0.6) is 5.75 Å². The standard InChI is InChI=1S/C41H51F2N5O8S/c1-24-34-27(28-18-29(42)30(43)19-31(28)44-24)14-15-40(56-34)21-33-35(49)45-41(37(51)46-57(54,55)39(2)16-17-39)20-26(41)12-6-4-3-5-7-13-32(36(50)48(33)23-40)47(38(52)53)22-25-10-8-9-11-25/h6,12,18-19,25-26,32-33H,3-5,7-11,13-17,20-23H2,1-2H3,(H,45,49)(H,46,51)(H,52,53)/b12-6-/t26-,32+,33+,40-,41-/m1/s1. The number of hydrogen-bond donors (Lipinski definition) is 3. The monoisotopic (exact) mass is 811 g/mol. The van der Waals surface area contributed by atoms with Crippen LogP contribution in [-0.2, 0) is 30.8 Å². The Hall–Kier alpha value is -4.34. The summed E-state index contributed by atoms with van der Waals surface area (Å²) in [4.78, 5) is 63.9. The van der Waals surface area contributed by atoms with Crippen LogP contribution in [0.1, 0.15) is 108 Å². The minimum absolute atomic E-state index is 0.0176. The van der Waals surface area contributed by atoms with Crippen molar-refractivity contribution in [3.05, 3.63) is 47.2 Å². The molecule has 4 fully saturated rings. The molecule has 2 aromatic rings. The SMILES string of the molecule is Cc1nc2cc(F)c(F)cc2c2c1O[C@]1(CC2)C[C@H]2C(=O)N[C@]3(C(=O)NS(=O)(=O)C4(C)CC4)C[C@H]3/C=C\CCCCC[C@H](N(CC3CCCC3)C(=O)O)C(=O)N2C1. The molecule has 57 heavy (non-hydrogen) atoms. The Morgan fingerprint density at radius 3 is 2.49 bits per heavy atom. The van der Waals surface area contributed by atoms with Gasteiger partial charge >= 0.3 is 6.09 Å². The maximum absolute atomic E-state index is 15.0. The van der Waals surface area contributed by atoms with E-state index in [0.717, 1.165) is 44.2 Å². The molecule has 4 amide bonds. The zero-order valence-corrected chi connectivity index (χ0v) is 33.3.